The lowest BCUT2D eigenvalue weighted by atomic mass is 10.1. The molecule has 1 saturated heterocycles. The molecule has 4 rings (SSSR count). The largest absolute Gasteiger partial charge is 0.489 e. The first-order valence-electron chi connectivity index (χ1n) is 11.3. The van der Waals surface area contributed by atoms with Gasteiger partial charge in [0.15, 0.2) is 0 Å². The third-order valence-electron chi connectivity index (χ3n) is 6.11. The lowest BCUT2D eigenvalue weighted by molar-refractivity contribution is -0.385. The molecule has 9 nitrogen and oxygen atoms in total. The van der Waals surface area contributed by atoms with Gasteiger partial charge in [0.05, 0.1) is 10.6 Å². The fourth-order valence-electron chi connectivity index (χ4n) is 4.22. The number of nitrogens with zero attached hydrogens (tertiary/aromatic N) is 5. The molecule has 0 aliphatic carbocycles. The van der Waals surface area contributed by atoms with E-state index in [1.165, 1.54) is 11.6 Å². The molecule has 9 heteroatoms. The molecule has 1 aliphatic rings. The highest BCUT2D eigenvalue weighted by molar-refractivity contribution is 5.94. The van der Waals surface area contributed by atoms with Crippen LogP contribution in [0.3, 0.4) is 0 Å². The number of carbonyl (C=O) groups is 1. The van der Waals surface area contributed by atoms with Crippen molar-refractivity contribution in [2.24, 2.45) is 7.05 Å². The Bertz CT molecular complexity index is 1200. The van der Waals surface area contributed by atoms with E-state index in [0.29, 0.717) is 30.0 Å². The number of amides is 1. The van der Waals surface area contributed by atoms with Gasteiger partial charge >= 0.3 is 0 Å². The van der Waals surface area contributed by atoms with Crippen LogP contribution in [0.1, 0.15) is 32.7 Å². The molecule has 0 atom stereocenters. The minimum Gasteiger partial charge on any atom is -0.489 e. The van der Waals surface area contributed by atoms with Crippen LogP contribution in [-0.2, 0) is 20.2 Å². The Morgan fingerprint density at radius 2 is 1.88 bits per heavy atom. The normalized spacial score (nSPS) is 14.3. The zero-order valence-corrected chi connectivity index (χ0v) is 19.7. The van der Waals surface area contributed by atoms with Crippen LogP contribution in [0.15, 0.2) is 48.7 Å². The average molecular weight is 464 g/mol. The van der Waals surface area contributed by atoms with Crippen LogP contribution in [0.2, 0.25) is 0 Å². The van der Waals surface area contributed by atoms with Crippen molar-refractivity contribution in [2.45, 2.75) is 27.0 Å². The molecule has 0 unspecified atom stereocenters. The predicted octanol–water partition coefficient (Wildman–Crippen LogP) is 3.48. The number of hydrogen-bond acceptors (Lipinski definition) is 6. The van der Waals surface area contributed by atoms with Crippen LogP contribution in [-0.4, -0.2) is 56.6 Å². The van der Waals surface area contributed by atoms with Crippen LogP contribution in [0, 0.1) is 24.0 Å². The van der Waals surface area contributed by atoms with E-state index in [1.807, 2.05) is 47.8 Å². The van der Waals surface area contributed by atoms with Gasteiger partial charge in [0, 0.05) is 68.7 Å². The Balaban J connectivity index is 1.32. The van der Waals surface area contributed by atoms with Gasteiger partial charge in [-0.2, -0.15) is 5.10 Å². The molecule has 1 aliphatic heterocycles. The molecule has 178 valence electrons. The van der Waals surface area contributed by atoms with Crippen molar-refractivity contribution >= 4 is 11.6 Å². The smallest absolute Gasteiger partial charge is 0.272 e. The molecule has 0 radical (unpaired) electrons. The minimum absolute atomic E-state index is 0.0187. The number of aromatic nitrogens is 2. The number of piperazine rings is 1. The third-order valence-corrected chi connectivity index (χ3v) is 6.11. The molecule has 3 aromatic rings. The van der Waals surface area contributed by atoms with E-state index in [4.69, 9.17) is 4.74 Å². The number of carbonyl (C=O) groups excluding carboxylic acids is 1. The van der Waals surface area contributed by atoms with Crippen molar-refractivity contribution in [2.75, 3.05) is 26.2 Å². The second-order valence-corrected chi connectivity index (χ2v) is 8.68. The molecular formula is C25H29N5O4. The molecule has 1 aromatic heterocycles. The maximum atomic E-state index is 13.1. The first kappa shape index (κ1) is 23.4. The molecule has 0 bridgehead atoms. The first-order valence-corrected chi connectivity index (χ1v) is 11.3. The molecule has 34 heavy (non-hydrogen) atoms. The fourth-order valence-corrected chi connectivity index (χ4v) is 4.22. The van der Waals surface area contributed by atoms with Crippen molar-refractivity contribution in [3.05, 3.63) is 86.7 Å². The van der Waals surface area contributed by atoms with E-state index in [9.17, 15) is 14.9 Å². The van der Waals surface area contributed by atoms with Crippen LogP contribution in [0.4, 0.5) is 5.69 Å². The first-order chi connectivity index (χ1) is 16.3. The van der Waals surface area contributed by atoms with Gasteiger partial charge in [-0.25, -0.2) is 0 Å². The summed E-state index contributed by atoms with van der Waals surface area (Å²) in [6.07, 6.45) is 2.05. The van der Waals surface area contributed by atoms with Crippen molar-refractivity contribution < 1.29 is 14.5 Å². The topological polar surface area (TPSA) is 93.7 Å². The van der Waals surface area contributed by atoms with Crippen molar-refractivity contribution in [3.8, 4) is 5.75 Å². The van der Waals surface area contributed by atoms with E-state index < -0.39 is 4.92 Å². The van der Waals surface area contributed by atoms with Gasteiger partial charge in [0.25, 0.3) is 11.6 Å². The minimum atomic E-state index is -0.409. The monoisotopic (exact) mass is 463 g/mol. The highest BCUT2D eigenvalue weighted by Crippen LogP contribution is 2.24. The van der Waals surface area contributed by atoms with Gasteiger partial charge in [-0.1, -0.05) is 12.1 Å². The summed E-state index contributed by atoms with van der Waals surface area (Å²) in [5.41, 5.74) is 4.38. The van der Waals surface area contributed by atoms with Gasteiger partial charge in [-0.3, -0.25) is 24.5 Å². The van der Waals surface area contributed by atoms with Gasteiger partial charge in [-0.05, 0) is 43.7 Å². The predicted molar refractivity (Wildman–Crippen MR) is 128 cm³/mol. The number of hydrogen-bond donors (Lipinski definition) is 0. The summed E-state index contributed by atoms with van der Waals surface area (Å²) in [6, 6.07) is 12.1. The number of aryl methyl sites for hydroxylation is 3. The fraction of sp³-hybridized carbons (Fsp3) is 0.360. The van der Waals surface area contributed by atoms with Crippen LogP contribution in [0.25, 0.3) is 0 Å². The van der Waals surface area contributed by atoms with Gasteiger partial charge in [0.2, 0.25) is 0 Å². The second-order valence-electron chi connectivity index (χ2n) is 8.68. The zero-order chi connectivity index (χ0) is 24.2. The quantitative estimate of drug-likeness (QED) is 0.393. The number of nitro benzene ring substituents is 1. The lowest BCUT2D eigenvalue weighted by Gasteiger charge is -2.34. The highest BCUT2D eigenvalue weighted by atomic mass is 16.6. The summed E-state index contributed by atoms with van der Waals surface area (Å²) in [5.74, 6) is 0.574. The lowest BCUT2D eigenvalue weighted by Crippen LogP contribution is -2.48. The van der Waals surface area contributed by atoms with E-state index in [1.54, 1.807) is 19.1 Å². The number of ether oxygens (including phenoxy) is 1. The standard InChI is InChI=1S/C25H29N5O4/c1-18-13-23(7-8-24(18)30(32)33)34-17-20-5-4-6-21(14-20)25(31)29-11-9-28(10-12-29)16-22-15-27(3)26-19(22)2/h4-8,13-15H,9-12,16-17H2,1-3H3. The molecule has 2 heterocycles. The Kier molecular flexibility index (Phi) is 6.93. The van der Waals surface area contributed by atoms with E-state index in [0.717, 1.165) is 30.9 Å². The molecule has 0 spiro atoms. The van der Waals surface area contributed by atoms with Crippen molar-refractivity contribution in [3.63, 3.8) is 0 Å². The van der Waals surface area contributed by atoms with Gasteiger partial charge in [0.1, 0.15) is 12.4 Å². The van der Waals surface area contributed by atoms with E-state index >= 15 is 0 Å². The summed E-state index contributed by atoms with van der Waals surface area (Å²) in [5, 5.41) is 15.4. The number of nitro groups is 1. The SMILES string of the molecule is Cc1cc(OCc2cccc(C(=O)N3CCN(Cc4cn(C)nc4C)CC3)c2)ccc1[N+](=O)[O-]. The molecule has 1 amide bonds. The van der Waals surface area contributed by atoms with Crippen LogP contribution >= 0.6 is 0 Å². The maximum Gasteiger partial charge on any atom is 0.272 e. The summed E-state index contributed by atoms with van der Waals surface area (Å²) in [6.45, 7) is 7.83. The molecule has 0 saturated carbocycles. The molecule has 0 N–H and O–H groups in total. The zero-order valence-electron chi connectivity index (χ0n) is 19.7. The second kappa shape index (κ2) is 10.0. The Morgan fingerprint density at radius 3 is 2.53 bits per heavy atom. The van der Waals surface area contributed by atoms with Gasteiger partial charge in [-0.15, -0.1) is 0 Å². The number of rotatable bonds is 7. The molecule has 1 fully saturated rings. The summed E-state index contributed by atoms with van der Waals surface area (Å²) < 4.78 is 7.65. The molecular weight excluding hydrogens is 434 g/mol. The Labute approximate surface area is 198 Å². The highest BCUT2D eigenvalue weighted by Gasteiger charge is 2.23. The summed E-state index contributed by atoms with van der Waals surface area (Å²) >= 11 is 0. The summed E-state index contributed by atoms with van der Waals surface area (Å²) in [7, 11) is 1.93. The Morgan fingerprint density at radius 1 is 1.12 bits per heavy atom. The average Bonchev–Trinajstić information content (AvgIpc) is 3.14. The van der Waals surface area contributed by atoms with E-state index in [2.05, 4.69) is 16.2 Å². The van der Waals surface area contributed by atoms with Gasteiger partial charge < -0.3 is 9.64 Å². The van der Waals surface area contributed by atoms with Crippen LogP contribution < -0.4 is 4.74 Å². The maximum absolute atomic E-state index is 13.1. The van der Waals surface area contributed by atoms with Crippen LogP contribution in [0.5, 0.6) is 5.75 Å². The number of benzene rings is 2. The Hall–Kier alpha value is -3.72. The summed E-state index contributed by atoms with van der Waals surface area (Å²) in [4.78, 5) is 27.9. The van der Waals surface area contributed by atoms with Crippen molar-refractivity contribution in [1.82, 2.24) is 19.6 Å². The van der Waals surface area contributed by atoms with Crippen molar-refractivity contribution in [1.29, 1.82) is 0 Å². The molecule has 2 aromatic carbocycles. The van der Waals surface area contributed by atoms with E-state index in [-0.39, 0.29) is 18.2 Å². The third kappa shape index (κ3) is 5.43.